The van der Waals surface area contributed by atoms with E-state index < -0.39 is 23.7 Å². The van der Waals surface area contributed by atoms with Crippen LogP contribution in [0.1, 0.15) is 29.2 Å². The highest BCUT2D eigenvalue weighted by molar-refractivity contribution is 6.46. The minimum atomic E-state index is -1.11. The number of hydrogen-bond acceptors (Lipinski definition) is 6. The maximum atomic E-state index is 13.0. The van der Waals surface area contributed by atoms with Crippen LogP contribution in [0.4, 0.5) is 0 Å². The first-order chi connectivity index (χ1) is 14.8. The molecule has 1 amide bonds. The van der Waals surface area contributed by atoms with Gasteiger partial charge in [-0.25, -0.2) is 0 Å². The van der Waals surface area contributed by atoms with Crippen LogP contribution in [0.25, 0.3) is 5.76 Å². The van der Waals surface area contributed by atoms with Gasteiger partial charge in [0.15, 0.2) is 0 Å². The molecule has 0 unspecified atom stereocenters. The number of rotatable bonds is 7. The normalized spacial score (nSPS) is 17.6. The van der Waals surface area contributed by atoms with Crippen LogP contribution in [0.15, 0.2) is 48.0 Å². The van der Waals surface area contributed by atoms with E-state index in [1.165, 1.54) is 14.2 Å². The fourth-order valence-corrected chi connectivity index (χ4v) is 3.57. The number of Topliss-reactive ketones (excluding diaryl/α,β-unsaturated/α-hetero) is 1. The Hall–Kier alpha value is -3.81. The molecule has 0 bridgehead atoms. The van der Waals surface area contributed by atoms with Gasteiger partial charge in [0.2, 0.25) is 0 Å². The topological polar surface area (TPSA) is 113 Å². The molecule has 0 spiro atoms. The number of benzene rings is 2. The van der Waals surface area contributed by atoms with Crippen molar-refractivity contribution in [3.05, 3.63) is 64.7 Å². The minimum Gasteiger partial charge on any atom is -0.507 e. The van der Waals surface area contributed by atoms with E-state index in [2.05, 4.69) is 0 Å². The van der Waals surface area contributed by atoms with E-state index in [9.17, 15) is 19.5 Å². The third kappa shape index (κ3) is 4.23. The molecule has 2 aromatic carbocycles. The van der Waals surface area contributed by atoms with Gasteiger partial charge in [-0.2, -0.15) is 0 Å². The van der Waals surface area contributed by atoms with Gasteiger partial charge in [0.05, 0.1) is 32.3 Å². The molecule has 0 radical (unpaired) electrons. The second kappa shape index (κ2) is 8.91. The molecule has 1 fully saturated rings. The molecular formula is C23H23NO7. The SMILES string of the molecule is COc1ccc(OC)c([C@@H]2C(=C(O)c3ccc(C)cc3)C(=O)C(=O)N2CCC(=O)O)c1. The van der Waals surface area contributed by atoms with Crippen molar-refractivity contribution >= 4 is 23.4 Å². The van der Waals surface area contributed by atoms with Gasteiger partial charge in [0.1, 0.15) is 17.3 Å². The average molecular weight is 425 g/mol. The molecule has 1 atom stereocenters. The van der Waals surface area contributed by atoms with E-state index in [0.29, 0.717) is 22.6 Å². The van der Waals surface area contributed by atoms with Crippen LogP contribution in [0.2, 0.25) is 0 Å². The summed E-state index contributed by atoms with van der Waals surface area (Å²) in [7, 11) is 2.91. The maximum Gasteiger partial charge on any atom is 0.305 e. The Kier molecular flexibility index (Phi) is 6.29. The van der Waals surface area contributed by atoms with Gasteiger partial charge in [-0.15, -0.1) is 0 Å². The summed E-state index contributed by atoms with van der Waals surface area (Å²) in [5, 5.41) is 20.1. The summed E-state index contributed by atoms with van der Waals surface area (Å²) in [6.45, 7) is 1.67. The molecule has 162 valence electrons. The second-order valence-corrected chi connectivity index (χ2v) is 7.11. The number of carboxylic acids is 1. The first-order valence-corrected chi connectivity index (χ1v) is 9.57. The Labute approximate surface area is 179 Å². The molecule has 8 heteroatoms. The molecule has 8 nitrogen and oxygen atoms in total. The van der Waals surface area contributed by atoms with Gasteiger partial charge in [0.25, 0.3) is 11.7 Å². The molecule has 0 saturated carbocycles. The quantitative estimate of drug-likeness (QED) is 0.398. The lowest BCUT2D eigenvalue weighted by Gasteiger charge is -2.26. The summed E-state index contributed by atoms with van der Waals surface area (Å²) in [5.74, 6) is -2.41. The third-order valence-electron chi connectivity index (χ3n) is 5.16. The Morgan fingerprint density at radius 1 is 1.03 bits per heavy atom. The fourth-order valence-electron chi connectivity index (χ4n) is 3.57. The highest BCUT2D eigenvalue weighted by Crippen LogP contribution is 2.43. The highest BCUT2D eigenvalue weighted by Gasteiger charge is 2.47. The number of carbonyl (C=O) groups is 3. The van der Waals surface area contributed by atoms with Crippen LogP contribution < -0.4 is 9.47 Å². The fraction of sp³-hybridized carbons (Fsp3) is 0.261. The van der Waals surface area contributed by atoms with Crippen LogP contribution in [0, 0.1) is 6.92 Å². The first-order valence-electron chi connectivity index (χ1n) is 9.57. The molecule has 0 aromatic heterocycles. The minimum absolute atomic E-state index is 0.134. The number of carbonyl (C=O) groups excluding carboxylic acids is 2. The average Bonchev–Trinajstić information content (AvgIpc) is 3.01. The van der Waals surface area contributed by atoms with Crippen molar-refractivity contribution < 1.29 is 34.1 Å². The van der Waals surface area contributed by atoms with Gasteiger partial charge >= 0.3 is 5.97 Å². The molecule has 3 rings (SSSR count). The summed E-state index contributed by atoms with van der Waals surface area (Å²) < 4.78 is 10.7. The highest BCUT2D eigenvalue weighted by atomic mass is 16.5. The zero-order valence-corrected chi connectivity index (χ0v) is 17.4. The van der Waals surface area contributed by atoms with Crippen molar-refractivity contribution in [2.45, 2.75) is 19.4 Å². The summed E-state index contributed by atoms with van der Waals surface area (Å²) in [4.78, 5) is 38.1. The monoisotopic (exact) mass is 425 g/mol. The van der Waals surface area contributed by atoms with Crippen LogP contribution in [0.3, 0.4) is 0 Å². The molecule has 31 heavy (non-hydrogen) atoms. The van der Waals surface area contributed by atoms with Crippen LogP contribution >= 0.6 is 0 Å². The van der Waals surface area contributed by atoms with Crippen molar-refractivity contribution in [1.29, 1.82) is 0 Å². The van der Waals surface area contributed by atoms with E-state index in [4.69, 9.17) is 14.6 Å². The lowest BCUT2D eigenvalue weighted by atomic mass is 9.94. The molecule has 2 aromatic rings. The van der Waals surface area contributed by atoms with E-state index in [-0.39, 0.29) is 24.3 Å². The molecular weight excluding hydrogens is 402 g/mol. The Balaban J connectivity index is 2.24. The number of nitrogens with zero attached hydrogens (tertiary/aromatic N) is 1. The standard InChI is InChI=1S/C23H23NO7/c1-13-4-6-14(7-5-13)21(27)19-20(16-12-15(30-2)8-9-17(16)31-3)24(11-10-18(25)26)23(29)22(19)28/h4-9,12,20,27H,10-11H2,1-3H3,(H,25,26)/t20-/m1/s1. The van der Waals surface area contributed by atoms with E-state index in [1.54, 1.807) is 42.5 Å². The van der Waals surface area contributed by atoms with Gasteiger partial charge in [-0.3, -0.25) is 14.4 Å². The molecule has 0 aliphatic carbocycles. The number of hydrogen-bond donors (Lipinski definition) is 2. The number of ketones is 1. The lowest BCUT2D eigenvalue weighted by molar-refractivity contribution is -0.142. The largest absolute Gasteiger partial charge is 0.507 e. The summed E-state index contributed by atoms with van der Waals surface area (Å²) in [6.07, 6.45) is -0.361. The zero-order chi connectivity index (χ0) is 22.7. The number of amides is 1. The summed E-state index contributed by atoms with van der Waals surface area (Å²) in [6, 6.07) is 10.7. The lowest BCUT2D eigenvalue weighted by Crippen LogP contribution is -2.32. The first kappa shape index (κ1) is 21.9. The van der Waals surface area contributed by atoms with Crippen molar-refractivity contribution in [1.82, 2.24) is 4.90 Å². The van der Waals surface area contributed by atoms with Crippen molar-refractivity contribution in [3.8, 4) is 11.5 Å². The molecule has 2 N–H and O–H groups in total. The third-order valence-corrected chi connectivity index (χ3v) is 5.16. The van der Waals surface area contributed by atoms with Crippen LogP contribution in [0.5, 0.6) is 11.5 Å². The van der Waals surface area contributed by atoms with Crippen LogP contribution in [-0.4, -0.2) is 53.5 Å². The van der Waals surface area contributed by atoms with Crippen molar-refractivity contribution in [2.24, 2.45) is 0 Å². The number of ether oxygens (including phenoxy) is 2. The number of carboxylic acid groups (broad SMARTS) is 1. The van der Waals surface area contributed by atoms with E-state index >= 15 is 0 Å². The number of aryl methyl sites for hydroxylation is 1. The number of aliphatic hydroxyl groups is 1. The predicted octanol–water partition coefficient (Wildman–Crippen LogP) is 2.91. The van der Waals surface area contributed by atoms with Gasteiger partial charge in [0, 0.05) is 17.7 Å². The molecule has 1 heterocycles. The maximum absolute atomic E-state index is 13.0. The number of aliphatic carboxylic acids is 1. The van der Waals surface area contributed by atoms with Gasteiger partial charge in [-0.1, -0.05) is 29.8 Å². The molecule has 1 saturated heterocycles. The number of methoxy groups -OCH3 is 2. The summed E-state index contributed by atoms with van der Waals surface area (Å²) >= 11 is 0. The molecule has 1 aliphatic rings. The van der Waals surface area contributed by atoms with Crippen molar-refractivity contribution in [3.63, 3.8) is 0 Å². The Bertz CT molecular complexity index is 1060. The second-order valence-electron chi connectivity index (χ2n) is 7.11. The smallest absolute Gasteiger partial charge is 0.305 e. The molecule has 1 aliphatic heterocycles. The van der Waals surface area contributed by atoms with E-state index in [0.717, 1.165) is 10.5 Å². The van der Waals surface area contributed by atoms with E-state index in [1.807, 2.05) is 6.92 Å². The predicted molar refractivity (Wildman–Crippen MR) is 112 cm³/mol. The zero-order valence-electron chi connectivity index (χ0n) is 17.4. The summed E-state index contributed by atoms with van der Waals surface area (Å²) in [5.41, 5.74) is 1.60. The Morgan fingerprint density at radius 2 is 1.71 bits per heavy atom. The van der Waals surface area contributed by atoms with Crippen LogP contribution in [-0.2, 0) is 14.4 Å². The number of likely N-dealkylation sites (tertiary alicyclic amines) is 1. The Morgan fingerprint density at radius 3 is 2.29 bits per heavy atom. The van der Waals surface area contributed by atoms with Crippen molar-refractivity contribution in [2.75, 3.05) is 20.8 Å². The van der Waals surface area contributed by atoms with Gasteiger partial charge < -0.3 is 24.6 Å². The number of aliphatic hydroxyl groups excluding tert-OH is 1. The van der Waals surface area contributed by atoms with Gasteiger partial charge in [-0.05, 0) is 25.1 Å².